The molecular formula is C29H51N. The van der Waals surface area contributed by atoms with Crippen molar-refractivity contribution >= 4 is 0 Å². The van der Waals surface area contributed by atoms with Crippen molar-refractivity contribution in [2.45, 2.75) is 118 Å². The van der Waals surface area contributed by atoms with Crippen LogP contribution in [0.1, 0.15) is 113 Å². The van der Waals surface area contributed by atoms with Crippen LogP contribution in [-0.4, -0.2) is 5.54 Å². The molecule has 4 rings (SSSR count). The van der Waals surface area contributed by atoms with E-state index in [2.05, 4.69) is 60.6 Å². The second kappa shape index (κ2) is 7.64. The van der Waals surface area contributed by atoms with Gasteiger partial charge in [-0.2, -0.15) is 0 Å². The Balaban J connectivity index is 1.55. The van der Waals surface area contributed by atoms with Crippen LogP contribution in [0.2, 0.25) is 0 Å². The lowest BCUT2D eigenvalue weighted by Crippen LogP contribution is -2.65. The van der Waals surface area contributed by atoms with Crippen molar-refractivity contribution in [1.82, 2.24) is 0 Å². The summed E-state index contributed by atoms with van der Waals surface area (Å²) in [5.74, 6) is 5.55. The van der Waals surface area contributed by atoms with E-state index in [1.54, 1.807) is 0 Å². The fourth-order valence-electron chi connectivity index (χ4n) is 9.95. The van der Waals surface area contributed by atoms with E-state index in [0.717, 1.165) is 35.5 Å². The zero-order valence-corrected chi connectivity index (χ0v) is 21.3. The highest BCUT2D eigenvalue weighted by atomic mass is 14.8. The summed E-state index contributed by atoms with van der Waals surface area (Å²) < 4.78 is 0. The Morgan fingerprint density at radius 2 is 1.57 bits per heavy atom. The van der Waals surface area contributed by atoms with Gasteiger partial charge in [-0.3, -0.25) is 0 Å². The Kier molecular flexibility index (Phi) is 5.82. The first-order valence-corrected chi connectivity index (χ1v) is 13.4. The van der Waals surface area contributed by atoms with Gasteiger partial charge >= 0.3 is 0 Å². The third-order valence-electron chi connectivity index (χ3n) is 12.2. The van der Waals surface area contributed by atoms with Gasteiger partial charge in [0.25, 0.3) is 0 Å². The predicted octanol–water partition coefficient (Wildman–Crippen LogP) is 7.99. The summed E-state index contributed by atoms with van der Waals surface area (Å²) in [6.45, 7) is 17.5. The van der Waals surface area contributed by atoms with Crippen molar-refractivity contribution in [3.8, 4) is 0 Å². The second-order valence-corrected chi connectivity index (χ2v) is 13.5. The predicted molar refractivity (Wildman–Crippen MR) is 130 cm³/mol. The smallest absolute Gasteiger partial charge is 0.0180 e. The molecule has 0 radical (unpaired) electrons. The number of allylic oxidation sites excluding steroid dienone is 2. The Labute approximate surface area is 188 Å². The van der Waals surface area contributed by atoms with Gasteiger partial charge in [-0.1, -0.05) is 46.8 Å². The van der Waals surface area contributed by atoms with E-state index in [4.69, 9.17) is 5.73 Å². The molecule has 1 heteroatoms. The minimum absolute atomic E-state index is 0.00594. The normalized spacial score (nSPS) is 51.3. The van der Waals surface area contributed by atoms with Gasteiger partial charge in [0.1, 0.15) is 0 Å². The van der Waals surface area contributed by atoms with Crippen molar-refractivity contribution in [3.63, 3.8) is 0 Å². The molecule has 4 fully saturated rings. The molecule has 0 amide bonds. The van der Waals surface area contributed by atoms with Crippen LogP contribution in [0.25, 0.3) is 0 Å². The lowest BCUT2D eigenvalue weighted by atomic mass is 9.39. The van der Waals surface area contributed by atoms with Crippen LogP contribution in [0.5, 0.6) is 0 Å². The van der Waals surface area contributed by atoms with Gasteiger partial charge in [-0.25, -0.2) is 0 Å². The minimum Gasteiger partial charge on any atom is -0.325 e. The molecule has 0 aromatic heterocycles. The van der Waals surface area contributed by atoms with E-state index in [0.29, 0.717) is 10.8 Å². The van der Waals surface area contributed by atoms with Crippen molar-refractivity contribution in [3.05, 3.63) is 12.2 Å². The van der Waals surface area contributed by atoms with Crippen LogP contribution in [0.4, 0.5) is 0 Å². The summed E-state index contributed by atoms with van der Waals surface area (Å²) in [5.41, 5.74) is 8.26. The van der Waals surface area contributed by atoms with Gasteiger partial charge < -0.3 is 5.73 Å². The van der Waals surface area contributed by atoms with Gasteiger partial charge in [-0.15, -0.1) is 0 Å². The summed E-state index contributed by atoms with van der Waals surface area (Å²) in [7, 11) is 0. The molecular weight excluding hydrogens is 362 g/mol. The highest BCUT2D eigenvalue weighted by molar-refractivity contribution is 5.15. The van der Waals surface area contributed by atoms with Gasteiger partial charge in [0.15, 0.2) is 0 Å². The molecule has 0 bridgehead atoms. The highest BCUT2D eigenvalue weighted by Crippen LogP contribution is 2.71. The van der Waals surface area contributed by atoms with E-state index in [-0.39, 0.29) is 11.0 Å². The Morgan fingerprint density at radius 3 is 2.27 bits per heavy atom. The third-order valence-corrected chi connectivity index (χ3v) is 12.2. The van der Waals surface area contributed by atoms with Crippen LogP contribution < -0.4 is 5.73 Å². The van der Waals surface area contributed by atoms with Crippen LogP contribution in [0.15, 0.2) is 12.2 Å². The molecule has 172 valence electrons. The molecule has 1 nitrogen and oxygen atoms in total. The number of fused-ring (bicyclic) bond motifs is 5. The van der Waals surface area contributed by atoms with E-state index < -0.39 is 0 Å². The molecule has 4 aliphatic rings. The number of nitrogens with two attached hydrogens (primary N) is 1. The average Bonchev–Trinajstić information content (AvgIpc) is 3.03. The molecule has 4 aliphatic carbocycles. The topological polar surface area (TPSA) is 26.0 Å². The van der Waals surface area contributed by atoms with Gasteiger partial charge in [0.05, 0.1) is 0 Å². The molecule has 2 N–H and O–H groups in total. The lowest BCUT2D eigenvalue weighted by molar-refractivity contribution is -0.166. The molecule has 0 spiro atoms. The number of hydrogen-bond donors (Lipinski definition) is 1. The van der Waals surface area contributed by atoms with Crippen molar-refractivity contribution < 1.29 is 0 Å². The lowest BCUT2D eigenvalue weighted by Gasteiger charge is -2.67. The third kappa shape index (κ3) is 3.19. The van der Waals surface area contributed by atoms with Crippen LogP contribution in [0.3, 0.4) is 0 Å². The molecule has 0 aromatic carbocycles. The molecule has 0 aromatic rings. The summed E-state index contributed by atoms with van der Waals surface area (Å²) in [4.78, 5) is 0. The van der Waals surface area contributed by atoms with Crippen molar-refractivity contribution in [2.24, 2.45) is 57.5 Å². The summed E-state index contributed by atoms with van der Waals surface area (Å²) in [6, 6.07) is 0. The maximum Gasteiger partial charge on any atom is 0.0180 e. The fourth-order valence-corrected chi connectivity index (χ4v) is 9.95. The van der Waals surface area contributed by atoms with E-state index in [1.807, 2.05) is 0 Å². The Morgan fingerprint density at radius 1 is 0.867 bits per heavy atom. The molecule has 0 heterocycles. The molecule has 9 atom stereocenters. The number of rotatable bonds is 4. The van der Waals surface area contributed by atoms with Gasteiger partial charge in [-0.05, 0) is 130 Å². The summed E-state index contributed by atoms with van der Waals surface area (Å²) >= 11 is 0. The maximum absolute atomic E-state index is 6.89. The summed E-state index contributed by atoms with van der Waals surface area (Å²) in [5, 5.41) is 0. The highest BCUT2D eigenvalue weighted by Gasteiger charge is 2.64. The Bertz CT molecular complexity index is 659. The summed E-state index contributed by atoms with van der Waals surface area (Å²) in [6.07, 6.45) is 18.7. The zero-order valence-electron chi connectivity index (χ0n) is 21.3. The molecule has 0 saturated heterocycles. The monoisotopic (exact) mass is 413 g/mol. The first-order valence-electron chi connectivity index (χ1n) is 13.4. The maximum atomic E-state index is 6.89. The molecule has 4 saturated carbocycles. The minimum atomic E-state index is -0.00594. The standard InChI is InChI=1S/C29H51N/c1-8-9-10-11-20(2)22-13-14-23-21-12-15-25-26(3,4)29(7,30)19-18-28(25,6)24(21)16-17-27(22,23)5/h8-9,20-25H,10-19,30H2,1-7H3/b9-8-. The first kappa shape index (κ1) is 22.9. The molecule has 30 heavy (non-hydrogen) atoms. The van der Waals surface area contributed by atoms with Gasteiger partial charge in [0.2, 0.25) is 0 Å². The molecule has 9 unspecified atom stereocenters. The second-order valence-electron chi connectivity index (χ2n) is 13.5. The first-order chi connectivity index (χ1) is 14.0. The van der Waals surface area contributed by atoms with Crippen molar-refractivity contribution in [2.75, 3.05) is 0 Å². The largest absolute Gasteiger partial charge is 0.325 e. The van der Waals surface area contributed by atoms with Crippen LogP contribution in [0, 0.1) is 51.8 Å². The zero-order chi connectivity index (χ0) is 21.9. The number of hydrogen-bond acceptors (Lipinski definition) is 1. The Hall–Kier alpha value is -0.300. The fraction of sp³-hybridized carbons (Fsp3) is 0.931. The van der Waals surface area contributed by atoms with Crippen LogP contribution in [-0.2, 0) is 0 Å². The van der Waals surface area contributed by atoms with Crippen LogP contribution >= 0.6 is 0 Å². The van der Waals surface area contributed by atoms with Gasteiger partial charge in [0, 0.05) is 5.54 Å². The quantitative estimate of drug-likeness (QED) is 0.464. The molecule has 0 aliphatic heterocycles. The van der Waals surface area contributed by atoms with E-state index in [1.165, 1.54) is 64.2 Å². The average molecular weight is 414 g/mol. The van der Waals surface area contributed by atoms with E-state index in [9.17, 15) is 0 Å². The van der Waals surface area contributed by atoms with E-state index >= 15 is 0 Å². The SMILES string of the molecule is C/C=C\CCC(C)C1CCC2C3CCC4C(C)(CCC(C)(N)C4(C)C)C3CCC12C. The van der Waals surface area contributed by atoms with Crippen molar-refractivity contribution in [1.29, 1.82) is 0 Å².